The minimum Gasteiger partial charge on any atom is -0.378 e. The topological polar surface area (TPSA) is 58.8 Å². The molecule has 2 aliphatic heterocycles. The third-order valence-corrected chi connectivity index (χ3v) is 5.09. The molecule has 1 aromatic rings. The van der Waals surface area contributed by atoms with Crippen LogP contribution in [0, 0.1) is 5.41 Å². The van der Waals surface area contributed by atoms with Gasteiger partial charge >= 0.3 is 0 Å². The average molecular weight is 317 g/mol. The van der Waals surface area contributed by atoms with Gasteiger partial charge in [-0.2, -0.15) is 0 Å². The van der Waals surface area contributed by atoms with Gasteiger partial charge in [0.15, 0.2) is 0 Å². The number of hydrogen-bond donors (Lipinski definition) is 1. The standard InChI is InChI=1S/C18H27N3O2/c1-18(2)13-21(8-7-16(18)19)17(22)14-3-5-15(6-4-14)20-9-11-23-12-10-20/h3-6,16H,7-13,19H2,1-2H3. The zero-order valence-electron chi connectivity index (χ0n) is 14.1. The lowest BCUT2D eigenvalue weighted by atomic mass is 9.79. The van der Waals surface area contributed by atoms with Crippen molar-refractivity contribution in [3.8, 4) is 0 Å². The smallest absolute Gasteiger partial charge is 0.253 e. The van der Waals surface area contributed by atoms with Crippen molar-refractivity contribution in [2.75, 3.05) is 44.3 Å². The highest BCUT2D eigenvalue weighted by Crippen LogP contribution is 2.28. The highest BCUT2D eigenvalue weighted by atomic mass is 16.5. The molecule has 0 spiro atoms. The van der Waals surface area contributed by atoms with E-state index in [0.717, 1.165) is 57.1 Å². The van der Waals surface area contributed by atoms with Crippen LogP contribution in [0.2, 0.25) is 0 Å². The third kappa shape index (κ3) is 3.51. The van der Waals surface area contributed by atoms with Crippen molar-refractivity contribution in [2.24, 2.45) is 11.1 Å². The van der Waals surface area contributed by atoms with Crippen LogP contribution >= 0.6 is 0 Å². The Hall–Kier alpha value is -1.59. The molecule has 1 atom stereocenters. The first kappa shape index (κ1) is 16.3. The van der Waals surface area contributed by atoms with Crippen molar-refractivity contribution < 1.29 is 9.53 Å². The molecule has 5 nitrogen and oxygen atoms in total. The molecule has 1 unspecified atom stereocenters. The zero-order chi connectivity index (χ0) is 16.4. The van der Waals surface area contributed by atoms with Crippen LogP contribution in [0.25, 0.3) is 0 Å². The fraction of sp³-hybridized carbons (Fsp3) is 0.611. The number of nitrogens with zero attached hydrogens (tertiary/aromatic N) is 2. The number of rotatable bonds is 2. The second-order valence-corrected chi connectivity index (χ2v) is 7.26. The zero-order valence-corrected chi connectivity index (χ0v) is 14.1. The summed E-state index contributed by atoms with van der Waals surface area (Å²) in [6, 6.07) is 8.12. The molecule has 0 aromatic heterocycles. The van der Waals surface area contributed by atoms with Gasteiger partial charge in [-0.05, 0) is 36.1 Å². The van der Waals surface area contributed by atoms with E-state index < -0.39 is 0 Å². The number of likely N-dealkylation sites (tertiary alicyclic amines) is 1. The van der Waals surface area contributed by atoms with Crippen molar-refractivity contribution in [1.82, 2.24) is 4.90 Å². The summed E-state index contributed by atoms with van der Waals surface area (Å²) in [7, 11) is 0. The molecular formula is C18H27N3O2. The lowest BCUT2D eigenvalue weighted by Crippen LogP contribution is -2.54. The molecule has 1 aromatic carbocycles. The minimum atomic E-state index is -0.0261. The van der Waals surface area contributed by atoms with Crippen molar-refractivity contribution in [1.29, 1.82) is 0 Å². The van der Waals surface area contributed by atoms with E-state index in [4.69, 9.17) is 10.5 Å². The summed E-state index contributed by atoms with van der Waals surface area (Å²) < 4.78 is 5.38. The van der Waals surface area contributed by atoms with Crippen LogP contribution in [0.1, 0.15) is 30.6 Å². The number of carbonyl (C=O) groups is 1. The highest BCUT2D eigenvalue weighted by Gasteiger charge is 2.35. The molecule has 2 fully saturated rings. The predicted molar refractivity (Wildman–Crippen MR) is 91.8 cm³/mol. The van der Waals surface area contributed by atoms with Crippen LogP contribution in [0.15, 0.2) is 24.3 Å². The molecule has 5 heteroatoms. The minimum absolute atomic E-state index is 0.0261. The Morgan fingerprint density at radius 1 is 1.17 bits per heavy atom. The number of anilines is 1. The molecule has 2 heterocycles. The summed E-state index contributed by atoms with van der Waals surface area (Å²) in [5, 5.41) is 0. The predicted octanol–water partition coefficient (Wildman–Crippen LogP) is 1.72. The maximum Gasteiger partial charge on any atom is 0.253 e. The number of piperidine rings is 1. The molecule has 0 bridgehead atoms. The lowest BCUT2D eigenvalue weighted by molar-refractivity contribution is 0.0533. The van der Waals surface area contributed by atoms with Crippen molar-refractivity contribution in [3.05, 3.63) is 29.8 Å². The number of ether oxygens (including phenoxy) is 1. The number of carbonyl (C=O) groups excluding carboxylic acids is 1. The summed E-state index contributed by atoms with van der Waals surface area (Å²) >= 11 is 0. The van der Waals surface area contributed by atoms with Crippen LogP contribution in [-0.4, -0.2) is 56.2 Å². The van der Waals surface area contributed by atoms with E-state index in [1.807, 2.05) is 29.2 Å². The quantitative estimate of drug-likeness (QED) is 0.902. The van der Waals surface area contributed by atoms with E-state index in [9.17, 15) is 4.79 Å². The second kappa shape index (κ2) is 6.49. The van der Waals surface area contributed by atoms with Gasteiger partial charge in [-0.25, -0.2) is 0 Å². The maximum absolute atomic E-state index is 12.7. The summed E-state index contributed by atoms with van der Waals surface area (Å²) in [5.41, 5.74) is 8.05. The molecule has 126 valence electrons. The molecule has 2 saturated heterocycles. The highest BCUT2D eigenvalue weighted by molar-refractivity contribution is 5.94. The van der Waals surface area contributed by atoms with E-state index in [0.29, 0.717) is 0 Å². The Kier molecular flexibility index (Phi) is 4.60. The lowest BCUT2D eigenvalue weighted by Gasteiger charge is -2.42. The van der Waals surface area contributed by atoms with Crippen molar-refractivity contribution in [2.45, 2.75) is 26.3 Å². The molecule has 0 aliphatic carbocycles. The van der Waals surface area contributed by atoms with Crippen molar-refractivity contribution >= 4 is 11.6 Å². The number of hydrogen-bond acceptors (Lipinski definition) is 4. The number of benzene rings is 1. The third-order valence-electron chi connectivity index (χ3n) is 5.09. The molecule has 1 amide bonds. The van der Waals surface area contributed by atoms with Gasteiger partial charge in [0.05, 0.1) is 13.2 Å². The monoisotopic (exact) mass is 317 g/mol. The van der Waals surface area contributed by atoms with Gasteiger partial charge in [0.1, 0.15) is 0 Å². The Labute approximate surface area is 138 Å². The summed E-state index contributed by atoms with van der Waals surface area (Å²) in [6.07, 6.45) is 0.866. The van der Waals surface area contributed by atoms with Crippen LogP contribution in [-0.2, 0) is 4.74 Å². The van der Waals surface area contributed by atoms with E-state index in [2.05, 4.69) is 18.7 Å². The molecule has 0 radical (unpaired) electrons. The van der Waals surface area contributed by atoms with Gasteiger partial charge in [0.2, 0.25) is 0 Å². The Balaban J connectivity index is 1.68. The summed E-state index contributed by atoms with van der Waals surface area (Å²) in [6.45, 7) is 9.09. The first-order valence-electron chi connectivity index (χ1n) is 8.45. The molecule has 2 N–H and O–H groups in total. The molecule has 23 heavy (non-hydrogen) atoms. The van der Waals surface area contributed by atoms with Crippen LogP contribution in [0.5, 0.6) is 0 Å². The number of morpholine rings is 1. The Bertz CT molecular complexity index is 550. The first-order chi connectivity index (χ1) is 11.0. The number of nitrogens with two attached hydrogens (primary N) is 1. The van der Waals surface area contributed by atoms with Crippen LogP contribution in [0.4, 0.5) is 5.69 Å². The fourth-order valence-electron chi connectivity index (χ4n) is 3.37. The Morgan fingerprint density at radius 2 is 1.83 bits per heavy atom. The number of amides is 1. The van der Waals surface area contributed by atoms with Gasteiger partial charge < -0.3 is 20.3 Å². The van der Waals surface area contributed by atoms with Gasteiger partial charge in [0.25, 0.3) is 5.91 Å². The summed E-state index contributed by atoms with van der Waals surface area (Å²) in [5.74, 6) is 0.110. The van der Waals surface area contributed by atoms with E-state index in [1.165, 1.54) is 0 Å². The molecular weight excluding hydrogens is 290 g/mol. The largest absolute Gasteiger partial charge is 0.378 e. The van der Waals surface area contributed by atoms with Gasteiger partial charge in [0, 0.05) is 43.5 Å². The van der Waals surface area contributed by atoms with E-state index in [1.54, 1.807) is 0 Å². The average Bonchev–Trinajstić information content (AvgIpc) is 2.57. The maximum atomic E-state index is 12.7. The van der Waals surface area contributed by atoms with Gasteiger partial charge in [-0.15, -0.1) is 0 Å². The molecule has 2 aliphatic rings. The van der Waals surface area contributed by atoms with Gasteiger partial charge in [-0.1, -0.05) is 13.8 Å². The SMILES string of the molecule is CC1(C)CN(C(=O)c2ccc(N3CCOCC3)cc2)CCC1N. The first-order valence-corrected chi connectivity index (χ1v) is 8.45. The van der Waals surface area contributed by atoms with E-state index in [-0.39, 0.29) is 17.4 Å². The second-order valence-electron chi connectivity index (χ2n) is 7.26. The van der Waals surface area contributed by atoms with Crippen LogP contribution in [0.3, 0.4) is 0 Å². The van der Waals surface area contributed by atoms with E-state index >= 15 is 0 Å². The molecule has 0 saturated carbocycles. The van der Waals surface area contributed by atoms with Crippen LogP contribution < -0.4 is 10.6 Å². The Morgan fingerprint density at radius 3 is 2.43 bits per heavy atom. The normalized spacial score (nSPS) is 24.6. The van der Waals surface area contributed by atoms with Gasteiger partial charge in [-0.3, -0.25) is 4.79 Å². The summed E-state index contributed by atoms with van der Waals surface area (Å²) in [4.78, 5) is 17.0. The fourth-order valence-corrected chi connectivity index (χ4v) is 3.37. The van der Waals surface area contributed by atoms with Crippen molar-refractivity contribution in [3.63, 3.8) is 0 Å². The molecule has 3 rings (SSSR count).